The number of rotatable bonds is 5. The number of hydrogen-bond donors (Lipinski definition) is 3. The van der Waals surface area contributed by atoms with Gasteiger partial charge < -0.3 is 26.7 Å². The second-order valence-corrected chi connectivity index (χ2v) is 4.24. The number of nitrogens with two attached hydrogens (primary N) is 3. The Hall–Kier alpha value is -2.40. The molecule has 0 aliphatic rings. The molecule has 0 spiro atoms. The van der Waals surface area contributed by atoms with Gasteiger partial charge in [-0.15, -0.1) is 0 Å². The van der Waals surface area contributed by atoms with Gasteiger partial charge in [0.25, 0.3) is 0 Å². The van der Waals surface area contributed by atoms with Crippen molar-refractivity contribution in [1.82, 2.24) is 0 Å². The summed E-state index contributed by atoms with van der Waals surface area (Å²) >= 11 is 0. The van der Waals surface area contributed by atoms with E-state index in [1.165, 1.54) is 0 Å². The number of hydrogen-bond acceptors (Lipinski definition) is 5. The third-order valence-corrected chi connectivity index (χ3v) is 2.38. The monoisotopic (exact) mass is 289 g/mol. The summed E-state index contributed by atoms with van der Waals surface area (Å²) in [5, 5.41) is 0. The minimum Gasteiger partial charge on any atom is -0.490 e. The zero-order chi connectivity index (χ0) is 15.5. The lowest BCUT2D eigenvalue weighted by Gasteiger charge is -2.08. The molecule has 5 heteroatoms. The van der Waals surface area contributed by atoms with Crippen molar-refractivity contribution in [2.24, 2.45) is 5.73 Å². The Labute approximate surface area is 125 Å². The highest BCUT2D eigenvalue weighted by atomic mass is 16.5. The van der Waals surface area contributed by atoms with Crippen LogP contribution < -0.4 is 26.7 Å². The lowest BCUT2D eigenvalue weighted by atomic mass is 10.3. The summed E-state index contributed by atoms with van der Waals surface area (Å²) in [6.45, 7) is 3.61. The molecule has 0 saturated carbocycles. The molecule has 2 aromatic rings. The van der Waals surface area contributed by atoms with Crippen molar-refractivity contribution >= 4 is 11.4 Å². The van der Waals surface area contributed by atoms with Crippen LogP contribution in [0.15, 0.2) is 48.5 Å². The van der Waals surface area contributed by atoms with Crippen LogP contribution in [0.5, 0.6) is 11.5 Å². The minimum atomic E-state index is 0.480. The molecule has 6 N–H and O–H groups in total. The van der Waals surface area contributed by atoms with E-state index < -0.39 is 0 Å². The predicted molar refractivity (Wildman–Crippen MR) is 87.4 cm³/mol. The third kappa shape index (κ3) is 7.08. The highest BCUT2D eigenvalue weighted by molar-refractivity contribution is 5.42. The summed E-state index contributed by atoms with van der Waals surface area (Å²) in [6.07, 6.45) is 0. The van der Waals surface area contributed by atoms with Gasteiger partial charge in [0, 0.05) is 11.4 Å². The third-order valence-electron chi connectivity index (χ3n) is 2.38. The molecule has 0 bridgehead atoms. The van der Waals surface area contributed by atoms with E-state index in [-0.39, 0.29) is 0 Å². The van der Waals surface area contributed by atoms with E-state index in [4.69, 9.17) is 26.7 Å². The summed E-state index contributed by atoms with van der Waals surface area (Å²) in [5.41, 5.74) is 17.5. The van der Waals surface area contributed by atoms with E-state index >= 15 is 0 Å². The molecular weight excluding hydrogens is 266 g/mol. The van der Waals surface area contributed by atoms with Crippen LogP contribution in [-0.2, 0) is 0 Å². The lowest BCUT2D eigenvalue weighted by molar-refractivity contribution is 0.217. The number of anilines is 2. The summed E-state index contributed by atoms with van der Waals surface area (Å²) in [7, 11) is 0. The van der Waals surface area contributed by atoms with E-state index in [0.717, 1.165) is 29.4 Å². The fourth-order valence-electron chi connectivity index (χ4n) is 1.45. The first-order chi connectivity index (χ1) is 10.2. The van der Waals surface area contributed by atoms with E-state index in [1.807, 2.05) is 31.2 Å². The first-order valence-electron chi connectivity index (χ1n) is 6.82. The first kappa shape index (κ1) is 16.7. The van der Waals surface area contributed by atoms with Crippen molar-refractivity contribution in [3.05, 3.63) is 48.5 Å². The zero-order valence-electron chi connectivity index (χ0n) is 12.3. The van der Waals surface area contributed by atoms with Gasteiger partial charge in [-0.25, -0.2) is 0 Å². The Kier molecular flexibility index (Phi) is 7.53. The Morgan fingerprint density at radius 2 is 1.00 bits per heavy atom. The first-order valence-corrected chi connectivity index (χ1v) is 6.82. The molecule has 0 atom stereocenters. The van der Waals surface area contributed by atoms with Crippen LogP contribution >= 0.6 is 0 Å². The zero-order valence-corrected chi connectivity index (χ0v) is 12.3. The van der Waals surface area contributed by atoms with Crippen molar-refractivity contribution < 1.29 is 9.47 Å². The van der Waals surface area contributed by atoms with Gasteiger partial charge in [-0.1, -0.05) is 6.92 Å². The standard InChI is InChI=1S/C14H16N2O2.C2H7N/c15-11-1-5-13(6-2-11)17-9-10-18-14-7-3-12(16)4-8-14;1-2-3/h1-8H,9-10,15-16H2;2-3H2,1H3. The highest BCUT2D eigenvalue weighted by Gasteiger charge is 1.95. The molecule has 0 aliphatic heterocycles. The maximum absolute atomic E-state index is 5.58. The SMILES string of the molecule is CCN.Nc1ccc(OCCOc2ccc(N)cc2)cc1. The minimum absolute atomic E-state index is 0.480. The van der Waals surface area contributed by atoms with Gasteiger partial charge >= 0.3 is 0 Å². The molecule has 2 rings (SSSR count). The molecule has 0 aromatic heterocycles. The molecule has 2 aromatic carbocycles. The Morgan fingerprint density at radius 3 is 1.29 bits per heavy atom. The second kappa shape index (κ2) is 9.50. The van der Waals surface area contributed by atoms with Gasteiger partial charge in [0.2, 0.25) is 0 Å². The molecule has 0 aliphatic carbocycles. The van der Waals surface area contributed by atoms with Gasteiger partial charge in [0.15, 0.2) is 0 Å². The molecule has 0 saturated heterocycles. The largest absolute Gasteiger partial charge is 0.490 e. The lowest BCUT2D eigenvalue weighted by Crippen LogP contribution is -2.08. The Bertz CT molecular complexity index is 450. The fraction of sp³-hybridized carbons (Fsp3) is 0.250. The van der Waals surface area contributed by atoms with Crippen molar-refractivity contribution in [3.63, 3.8) is 0 Å². The Morgan fingerprint density at radius 1 is 0.714 bits per heavy atom. The number of ether oxygens (including phenoxy) is 2. The summed E-state index contributed by atoms with van der Waals surface area (Å²) in [6, 6.07) is 14.5. The fourth-order valence-corrected chi connectivity index (χ4v) is 1.45. The molecule has 114 valence electrons. The van der Waals surface area contributed by atoms with Crippen LogP contribution in [0, 0.1) is 0 Å². The smallest absolute Gasteiger partial charge is 0.122 e. The number of benzene rings is 2. The van der Waals surface area contributed by atoms with Crippen molar-refractivity contribution in [1.29, 1.82) is 0 Å². The van der Waals surface area contributed by atoms with Gasteiger partial charge in [-0.2, -0.15) is 0 Å². The average Bonchev–Trinajstić information content (AvgIpc) is 2.48. The summed E-state index contributed by atoms with van der Waals surface area (Å²) in [5.74, 6) is 1.57. The molecule has 0 heterocycles. The van der Waals surface area contributed by atoms with Crippen LogP contribution in [-0.4, -0.2) is 19.8 Å². The topological polar surface area (TPSA) is 96.5 Å². The predicted octanol–water partition coefficient (Wildman–Crippen LogP) is 2.27. The van der Waals surface area contributed by atoms with E-state index in [1.54, 1.807) is 24.3 Å². The molecule has 0 fully saturated rings. The van der Waals surface area contributed by atoms with Crippen LogP contribution in [0.3, 0.4) is 0 Å². The van der Waals surface area contributed by atoms with Crippen LogP contribution in [0.1, 0.15) is 6.92 Å². The normalized spacial score (nSPS) is 9.43. The van der Waals surface area contributed by atoms with Crippen LogP contribution in [0.2, 0.25) is 0 Å². The summed E-state index contributed by atoms with van der Waals surface area (Å²) < 4.78 is 11.0. The molecule has 0 unspecified atom stereocenters. The van der Waals surface area contributed by atoms with Gasteiger partial charge in [0.1, 0.15) is 24.7 Å². The maximum Gasteiger partial charge on any atom is 0.122 e. The summed E-state index contributed by atoms with van der Waals surface area (Å²) in [4.78, 5) is 0. The molecule has 5 nitrogen and oxygen atoms in total. The van der Waals surface area contributed by atoms with Gasteiger partial charge in [-0.05, 0) is 55.1 Å². The van der Waals surface area contributed by atoms with Crippen molar-refractivity contribution in [2.75, 3.05) is 31.2 Å². The van der Waals surface area contributed by atoms with Crippen LogP contribution in [0.4, 0.5) is 11.4 Å². The molecule has 0 amide bonds. The van der Waals surface area contributed by atoms with Crippen LogP contribution in [0.25, 0.3) is 0 Å². The molecule has 0 radical (unpaired) electrons. The van der Waals surface area contributed by atoms with E-state index in [2.05, 4.69) is 0 Å². The van der Waals surface area contributed by atoms with E-state index in [0.29, 0.717) is 13.2 Å². The second-order valence-electron chi connectivity index (χ2n) is 4.24. The number of nitrogen functional groups attached to an aromatic ring is 2. The van der Waals surface area contributed by atoms with Gasteiger partial charge in [0.05, 0.1) is 0 Å². The van der Waals surface area contributed by atoms with Crippen molar-refractivity contribution in [2.45, 2.75) is 6.92 Å². The Balaban J connectivity index is 0.000000677. The van der Waals surface area contributed by atoms with Crippen molar-refractivity contribution in [3.8, 4) is 11.5 Å². The molecular formula is C16H23N3O2. The quantitative estimate of drug-likeness (QED) is 0.579. The maximum atomic E-state index is 5.58. The average molecular weight is 289 g/mol. The highest BCUT2D eigenvalue weighted by Crippen LogP contribution is 2.14. The van der Waals surface area contributed by atoms with Gasteiger partial charge in [-0.3, -0.25) is 0 Å². The van der Waals surface area contributed by atoms with E-state index in [9.17, 15) is 0 Å². The molecule has 21 heavy (non-hydrogen) atoms.